The van der Waals surface area contributed by atoms with Gasteiger partial charge in [-0.15, -0.1) is 0 Å². The zero-order chi connectivity index (χ0) is 15.1. The number of hydrogen-bond donors (Lipinski definition) is 1. The van der Waals surface area contributed by atoms with Crippen LogP contribution in [-0.2, 0) is 25.1 Å². The minimum atomic E-state index is -1.39. The predicted molar refractivity (Wildman–Crippen MR) is 78.9 cm³/mol. The predicted octanol–water partition coefficient (Wildman–Crippen LogP) is 1.49. The molecule has 0 aromatic heterocycles. The summed E-state index contributed by atoms with van der Waals surface area (Å²) in [4.78, 5) is 22.9. The zero-order valence-electron chi connectivity index (χ0n) is 11.8. The molecule has 0 aliphatic carbocycles. The Balaban J connectivity index is 2.46. The Bertz CT molecular complexity index is 516. The average Bonchev–Trinajstić information content (AvgIpc) is 2.37. The molecule has 0 spiro atoms. The number of anilines is 1. The average molecular weight is 297 g/mol. The molecule has 2 atom stereocenters. The highest BCUT2D eigenvalue weighted by molar-refractivity contribution is 7.85. The maximum absolute atomic E-state index is 11.8. The number of amides is 1. The molecule has 0 saturated heterocycles. The van der Waals surface area contributed by atoms with E-state index in [0.717, 1.165) is 5.56 Å². The molecule has 2 unspecified atom stereocenters. The van der Waals surface area contributed by atoms with Crippen LogP contribution >= 0.6 is 0 Å². The number of hydrogen-bond acceptors (Lipinski definition) is 4. The highest BCUT2D eigenvalue weighted by Crippen LogP contribution is 2.09. The normalized spacial score (nSPS) is 13.3. The van der Waals surface area contributed by atoms with E-state index in [4.69, 9.17) is 0 Å². The van der Waals surface area contributed by atoms with Gasteiger partial charge in [0.05, 0.1) is 13.0 Å². The molecule has 5 nitrogen and oxygen atoms in total. The van der Waals surface area contributed by atoms with Crippen LogP contribution in [-0.4, -0.2) is 34.7 Å². The first-order chi connectivity index (χ1) is 9.42. The quantitative estimate of drug-likeness (QED) is 0.808. The number of aryl methyl sites for hydroxylation is 1. The molecule has 1 rings (SSSR count). The number of benzene rings is 1. The molecule has 0 aliphatic rings. The van der Waals surface area contributed by atoms with E-state index in [1.165, 1.54) is 7.11 Å². The van der Waals surface area contributed by atoms with E-state index in [9.17, 15) is 13.8 Å². The number of methoxy groups -OCH3 is 1. The third-order valence-electron chi connectivity index (χ3n) is 2.63. The third kappa shape index (κ3) is 5.52. The molecule has 1 aromatic rings. The largest absolute Gasteiger partial charge is 0.469 e. The van der Waals surface area contributed by atoms with E-state index in [-0.39, 0.29) is 17.4 Å². The van der Waals surface area contributed by atoms with Crippen LogP contribution in [0.15, 0.2) is 24.3 Å². The molecule has 0 fully saturated rings. The summed E-state index contributed by atoms with van der Waals surface area (Å²) in [6, 6.07) is 7.36. The number of esters is 1. The van der Waals surface area contributed by atoms with Gasteiger partial charge in [-0.3, -0.25) is 13.8 Å². The molecule has 20 heavy (non-hydrogen) atoms. The molecule has 0 heterocycles. The molecule has 0 radical (unpaired) electrons. The molecule has 0 saturated carbocycles. The van der Waals surface area contributed by atoms with Crippen molar-refractivity contribution in [2.45, 2.75) is 13.8 Å². The number of carbonyl (C=O) groups excluding carboxylic acids is 2. The van der Waals surface area contributed by atoms with Gasteiger partial charge in [-0.25, -0.2) is 0 Å². The summed E-state index contributed by atoms with van der Waals surface area (Å²) in [6.45, 7) is 3.55. The molecule has 0 aliphatic heterocycles. The Labute approximate surface area is 121 Å². The van der Waals surface area contributed by atoms with Gasteiger partial charge in [0.2, 0.25) is 5.91 Å². The minimum absolute atomic E-state index is 0.119. The topological polar surface area (TPSA) is 72.5 Å². The summed E-state index contributed by atoms with van der Waals surface area (Å²) in [6.07, 6.45) is 0. The van der Waals surface area contributed by atoms with Gasteiger partial charge < -0.3 is 10.1 Å². The summed E-state index contributed by atoms with van der Waals surface area (Å²) in [5.74, 6) is -1.24. The molecular formula is C14H19NO4S. The second-order valence-corrected chi connectivity index (χ2v) is 6.09. The van der Waals surface area contributed by atoms with Crippen LogP contribution in [0.3, 0.4) is 0 Å². The van der Waals surface area contributed by atoms with Crippen LogP contribution in [0.2, 0.25) is 0 Å². The minimum Gasteiger partial charge on any atom is -0.469 e. The molecule has 1 aromatic carbocycles. The van der Waals surface area contributed by atoms with Crippen molar-refractivity contribution in [3.8, 4) is 0 Å². The SMILES string of the molecule is COC(=O)C(C)CS(=O)CC(=O)Nc1cccc(C)c1. The fraction of sp³-hybridized carbons (Fsp3) is 0.429. The first-order valence-corrected chi connectivity index (χ1v) is 7.70. The Kier molecular flexibility index (Phi) is 6.38. The van der Waals surface area contributed by atoms with Gasteiger partial charge in [0, 0.05) is 22.2 Å². The lowest BCUT2D eigenvalue weighted by Gasteiger charge is -2.09. The monoisotopic (exact) mass is 297 g/mol. The lowest BCUT2D eigenvalue weighted by molar-refractivity contribution is -0.144. The lowest BCUT2D eigenvalue weighted by Crippen LogP contribution is -2.25. The van der Waals surface area contributed by atoms with Crippen molar-refractivity contribution in [2.24, 2.45) is 5.92 Å². The second kappa shape index (κ2) is 7.79. The van der Waals surface area contributed by atoms with Crippen molar-refractivity contribution in [1.82, 2.24) is 0 Å². The van der Waals surface area contributed by atoms with Gasteiger partial charge in [-0.05, 0) is 24.6 Å². The van der Waals surface area contributed by atoms with Crippen LogP contribution in [0.1, 0.15) is 12.5 Å². The summed E-state index contributed by atoms with van der Waals surface area (Å²) in [5, 5.41) is 2.68. The highest BCUT2D eigenvalue weighted by Gasteiger charge is 2.18. The van der Waals surface area contributed by atoms with Crippen molar-refractivity contribution in [1.29, 1.82) is 0 Å². The standard InChI is InChI=1S/C14H19NO4S/c1-10-5-4-6-12(7-10)15-13(16)9-20(18)8-11(2)14(17)19-3/h4-7,11H,8-9H2,1-3H3,(H,15,16). The van der Waals surface area contributed by atoms with Gasteiger partial charge in [0.25, 0.3) is 0 Å². The Morgan fingerprint density at radius 3 is 2.70 bits per heavy atom. The fourth-order valence-corrected chi connectivity index (χ4v) is 2.85. The van der Waals surface area contributed by atoms with E-state index in [1.807, 2.05) is 25.1 Å². The Morgan fingerprint density at radius 1 is 1.40 bits per heavy atom. The molecule has 1 N–H and O–H groups in total. The zero-order valence-corrected chi connectivity index (χ0v) is 12.7. The number of carbonyl (C=O) groups is 2. The number of rotatable bonds is 6. The van der Waals surface area contributed by atoms with Crippen LogP contribution in [0.4, 0.5) is 5.69 Å². The first kappa shape index (κ1) is 16.4. The van der Waals surface area contributed by atoms with E-state index in [0.29, 0.717) is 5.69 Å². The summed E-state index contributed by atoms with van der Waals surface area (Å²) < 4.78 is 16.3. The van der Waals surface area contributed by atoms with Crippen molar-refractivity contribution in [2.75, 3.05) is 23.9 Å². The lowest BCUT2D eigenvalue weighted by atomic mass is 10.2. The third-order valence-corrected chi connectivity index (χ3v) is 4.09. The maximum Gasteiger partial charge on any atom is 0.309 e. The van der Waals surface area contributed by atoms with Crippen LogP contribution in [0.25, 0.3) is 0 Å². The number of nitrogens with one attached hydrogen (secondary N) is 1. The Morgan fingerprint density at radius 2 is 2.10 bits per heavy atom. The van der Waals surface area contributed by atoms with Crippen molar-refractivity contribution in [3.63, 3.8) is 0 Å². The van der Waals surface area contributed by atoms with Gasteiger partial charge in [0.15, 0.2) is 0 Å². The van der Waals surface area contributed by atoms with E-state index in [2.05, 4.69) is 10.1 Å². The van der Waals surface area contributed by atoms with Gasteiger partial charge in [-0.1, -0.05) is 19.1 Å². The summed E-state index contributed by atoms with van der Waals surface area (Å²) in [7, 11) is -0.110. The molecule has 6 heteroatoms. The van der Waals surface area contributed by atoms with E-state index in [1.54, 1.807) is 13.0 Å². The highest BCUT2D eigenvalue weighted by atomic mass is 32.2. The summed E-state index contributed by atoms with van der Waals surface area (Å²) >= 11 is 0. The maximum atomic E-state index is 11.8. The van der Waals surface area contributed by atoms with Gasteiger partial charge in [0.1, 0.15) is 5.75 Å². The van der Waals surface area contributed by atoms with E-state index < -0.39 is 22.7 Å². The second-order valence-electron chi connectivity index (χ2n) is 4.59. The van der Waals surface area contributed by atoms with Crippen LogP contribution < -0.4 is 5.32 Å². The van der Waals surface area contributed by atoms with Gasteiger partial charge >= 0.3 is 5.97 Å². The van der Waals surface area contributed by atoms with Crippen molar-refractivity contribution >= 4 is 28.4 Å². The van der Waals surface area contributed by atoms with Crippen LogP contribution in [0.5, 0.6) is 0 Å². The molecular weight excluding hydrogens is 278 g/mol. The molecule has 1 amide bonds. The fourth-order valence-electron chi connectivity index (χ4n) is 1.67. The van der Waals surface area contributed by atoms with Gasteiger partial charge in [-0.2, -0.15) is 0 Å². The van der Waals surface area contributed by atoms with Crippen molar-refractivity contribution < 1.29 is 18.5 Å². The van der Waals surface area contributed by atoms with Crippen LogP contribution in [0, 0.1) is 12.8 Å². The Hall–Kier alpha value is -1.69. The molecule has 0 bridgehead atoms. The first-order valence-electron chi connectivity index (χ1n) is 6.21. The smallest absolute Gasteiger partial charge is 0.309 e. The summed E-state index contributed by atoms with van der Waals surface area (Å²) in [5.41, 5.74) is 1.70. The number of ether oxygens (including phenoxy) is 1. The van der Waals surface area contributed by atoms with Crippen molar-refractivity contribution in [3.05, 3.63) is 29.8 Å². The molecule has 110 valence electrons. The van der Waals surface area contributed by atoms with E-state index >= 15 is 0 Å².